The molecular formula is C22H29N5O3. The van der Waals surface area contributed by atoms with Crippen LogP contribution in [0.15, 0.2) is 51.6 Å². The predicted octanol–water partition coefficient (Wildman–Crippen LogP) is 1.61. The summed E-state index contributed by atoms with van der Waals surface area (Å²) in [7, 11) is 1.61. The van der Waals surface area contributed by atoms with Gasteiger partial charge in [-0.25, -0.2) is 4.79 Å². The third-order valence-corrected chi connectivity index (χ3v) is 5.31. The molecule has 160 valence electrons. The van der Waals surface area contributed by atoms with E-state index in [0.717, 1.165) is 24.8 Å². The summed E-state index contributed by atoms with van der Waals surface area (Å²) in [6.45, 7) is 0.762. The Labute approximate surface area is 175 Å². The molecule has 0 unspecified atom stereocenters. The summed E-state index contributed by atoms with van der Waals surface area (Å²) >= 11 is 0. The highest BCUT2D eigenvalue weighted by atomic mass is 16.2. The molecule has 3 rings (SSSR count). The molecule has 30 heavy (non-hydrogen) atoms. The Morgan fingerprint density at radius 1 is 1.23 bits per heavy atom. The van der Waals surface area contributed by atoms with Gasteiger partial charge in [0, 0.05) is 13.6 Å². The van der Waals surface area contributed by atoms with Gasteiger partial charge in [0.15, 0.2) is 0 Å². The van der Waals surface area contributed by atoms with Crippen molar-refractivity contribution in [3.8, 4) is 0 Å². The summed E-state index contributed by atoms with van der Waals surface area (Å²) in [5.41, 5.74) is 7.36. The average molecular weight is 412 g/mol. The number of benzene rings is 1. The highest BCUT2D eigenvalue weighted by Gasteiger charge is 2.18. The van der Waals surface area contributed by atoms with E-state index >= 15 is 0 Å². The third-order valence-electron chi connectivity index (χ3n) is 5.31. The summed E-state index contributed by atoms with van der Waals surface area (Å²) in [5, 5.41) is 2.89. The second kappa shape index (κ2) is 9.96. The predicted molar refractivity (Wildman–Crippen MR) is 119 cm³/mol. The van der Waals surface area contributed by atoms with Gasteiger partial charge in [-0.2, -0.15) is 0 Å². The highest BCUT2D eigenvalue weighted by Crippen LogP contribution is 2.19. The van der Waals surface area contributed by atoms with Gasteiger partial charge in [0.05, 0.1) is 13.1 Å². The fourth-order valence-electron chi connectivity index (χ4n) is 3.71. The maximum Gasteiger partial charge on any atom is 0.330 e. The number of hydrogen-bond donors (Lipinski definition) is 3. The molecule has 1 aliphatic rings. The molecule has 0 aliphatic heterocycles. The molecule has 2 aromatic rings. The van der Waals surface area contributed by atoms with E-state index in [-0.39, 0.29) is 30.5 Å². The molecule has 4 N–H and O–H groups in total. The van der Waals surface area contributed by atoms with E-state index in [0.29, 0.717) is 6.54 Å². The van der Waals surface area contributed by atoms with Crippen LogP contribution in [0.3, 0.4) is 0 Å². The summed E-state index contributed by atoms with van der Waals surface area (Å²) in [6, 6.07) is 9.35. The van der Waals surface area contributed by atoms with E-state index in [1.165, 1.54) is 27.9 Å². The van der Waals surface area contributed by atoms with Crippen molar-refractivity contribution in [2.45, 2.75) is 38.6 Å². The molecule has 1 aromatic heterocycles. The molecule has 0 atom stereocenters. The molecule has 8 nitrogen and oxygen atoms in total. The molecule has 0 bridgehead atoms. The fourth-order valence-corrected chi connectivity index (χ4v) is 3.71. The summed E-state index contributed by atoms with van der Waals surface area (Å²) in [5.74, 6) is -0.163. The number of likely N-dealkylation sites (N-methyl/N-ethyl adjacent to an activating group) is 1. The van der Waals surface area contributed by atoms with Gasteiger partial charge >= 0.3 is 5.69 Å². The maximum absolute atomic E-state index is 12.4. The van der Waals surface area contributed by atoms with Gasteiger partial charge in [0.2, 0.25) is 5.91 Å². The first kappa shape index (κ1) is 21.4. The second-order valence-corrected chi connectivity index (χ2v) is 7.63. The molecule has 1 heterocycles. The molecule has 0 radical (unpaired) electrons. The van der Waals surface area contributed by atoms with Crippen molar-refractivity contribution in [1.82, 2.24) is 14.9 Å². The van der Waals surface area contributed by atoms with Crippen molar-refractivity contribution in [2.24, 2.45) is 0 Å². The van der Waals surface area contributed by atoms with Crippen LogP contribution < -0.4 is 27.2 Å². The van der Waals surface area contributed by atoms with Crippen LogP contribution in [0.5, 0.6) is 0 Å². The van der Waals surface area contributed by atoms with Gasteiger partial charge in [0.25, 0.3) is 5.56 Å². The van der Waals surface area contributed by atoms with Crippen molar-refractivity contribution >= 4 is 17.4 Å². The number of carbonyl (C=O) groups excluding carboxylic acids is 1. The number of hydrogen-bond acceptors (Lipinski definition) is 5. The minimum atomic E-state index is -0.607. The molecule has 0 saturated carbocycles. The molecule has 1 aliphatic carbocycles. The Morgan fingerprint density at radius 3 is 2.70 bits per heavy atom. The third kappa shape index (κ3) is 5.40. The number of carbonyl (C=O) groups is 1. The molecular weight excluding hydrogens is 382 g/mol. The van der Waals surface area contributed by atoms with Crippen LogP contribution in [-0.2, 0) is 11.3 Å². The zero-order chi connectivity index (χ0) is 21.5. The fraction of sp³-hybridized carbons (Fsp3) is 0.409. The number of aromatic amines is 1. The minimum absolute atomic E-state index is 0.0319. The number of nitrogens with one attached hydrogen (secondary N) is 2. The maximum atomic E-state index is 12.4. The van der Waals surface area contributed by atoms with Crippen LogP contribution in [0, 0.1) is 0 Å². The number of amides is 1. The monoisotopic (exact) mass is 411 g/mol. The Morgan fingerprint density at radius 2 is 2.00 bits per heavy atom. The van der Waals surface area contributed by atoms with Gasteiger partial charge in [-0.05, 0) is 37.7 Å². The van der Waals surface area contributed by atoms with Crippen LogP contribution in [0.4, 0.5) is 11.5 Å². The van der Waals surface area contributed by atoms with E-state index in [1.54, 1.807) is 7.05 Å². The van der Waals surface area contributed by atoms with Crippen LogP contribution >= 0.6 is 0 Å². The van der Waals surface area contributed by atoms with Crippen LogP contribution in [-0.4, -0.2) is 35.6 Å². The van der Waals surface area contributed by atoms with E-state index in [9.17, 15) is 14.4 Å². The van der Waals surface area contributed by atoms with Gasteiger partial charge < -0.3 is 16.0 Å². The van der Waals surface area contributed by atoms with Crippen molar-refractivity contribution in [3.63, 3.8) is 0 Å². The largest absolute Gasteiger partial charge is 0.383 e. The SMILES string of the molecule is CN(CC(=O)NCCC1=CCCCC1)c1c(N)n(Cc2ccccc2)c(=O)[nH]c1=O. The molecule has 0 fully saturated rings. The number of rotatable bonds is 8. The summed E-state index contributed by atoms with van der Waals surface area (Å²) in [6.07, 6.45) is 7.78. The smallest absolute Gasteiger partial charge is 0.330 e. The first-order valence-electron chi connectivity index (χ1n) is 10.3. The van der Waals surface area contributed by atoms with E-state index in [2.05, 4.69) is 16.4 Å². The van der Waals surface area contributed by atoms with Gasteiger partial charge in [-0.3, -0.25) is 19.1 Å². The number of anilines is 2. The molecule has 0 saturated heterocycles. The Kier molecular flexibility index (Phi) is 7.11. The second-order valence-electron chi connectivity index (χ2n) is 7.63. The molecule has 0 spiro atoms. The summed E-state index contributed by atoms with van der Waals surface area (Å²) in [4.78, 5) is 40.8. The van der Waals surface area contributed by atoms with E-state index in [4.69, 9.17) is 5.73 Å². The van der Waals surface area contributed by atoms with Crippen LogP contribution in [0.2, 0.25) is 0 Å². The quantitative estimate of drug-likeness (QED) is 0.571. The zero-order valence-corrected chi connectivity index (χ0v) is 17.3. The van der Waals surface area contributed by atoms with Crippen molar-refractivity contribution in [1.29, 1.82) is 0 Å². The Hall–Kier alpha value is -3.29. The van der Waals surface area contributed by atoms with Crippen molar-refractivity contribution in [2.75, 3.05) is 30.8 Å². The highest BCUT2D eigenvalue weighted by molar-refractivity contribution is 5.82. The number of nitrogens with two attached hydrogens (primary N) is 1. The lowest BCUT2D eigenvalue weighted by atomic mass is 9.97. The first-order valence-corrected chi connectivity index (χ1v) is 10.3. The lowest BCUT2D eigenvalue weighted by molar-refractivity contribution is -0.119. The normalized spacial score (nSPS) is 13.6. The number of nitrogens with zero attached hydrogens (tertiary/aromatic N) is 2. The number of aromatic nitrogens is 2. The molecule has 1 amide bonds. The number of allylic oxidation sites excluding steroid dienone is 1. The minimum Gasteiger partial charge on any atom is -0.383 e. The van der Waals surface area contributed by atoms with E-state index in [1.807, 2.05) is 30.3 Å². The van der Waals surface area contributed by atoms with Crippen LogP contribution in [0.25, 0.3) is 0 Å². The Balaban J connectivity index is 1.67. The van der Waals surface area contributed by atoms with Crippen molar-refractivity contribution < 1.29 is 4.79 Å². The standard InChI is InChI=1S/C22H29N5O3/c1-26(15-18(28)24-13-12-16-8-4-2-5-9-16)19-20(23)27(22(30)25-21(19)29)14-17-10-6-3-7-11-17/h3,6-8,10-11H,2,4-5,9,12-15,23H2,1H3,(H,24,28)(H,25,29,30). The van der Waals surface area contributed by atoms with Gasteiger partial charge in [0.1, 0.15) is 11.5 Å². The van der Waals surface area contributed by atoms with Gasteiger partial charge in [-0.15, -0.1) is 0 Å². The lowest BCUT2D eigenvalue weighted by Crippen LogP contribution is -2.41. The topological polar surface area (TPSA) is 113 Å². The zero-order valence-electron chi connectivity index (χ0n) is 17.3. The average Bonchev–Trinajstić information content (AvgIpc) is 2.72. The number of H-pyrrole nitrogens is 1. The van der Waals surface area contributed by atoms with E-state index < -0.39 is 11.2 Å². The van der Waals surface area contributed by atoms with Crippen LogP contribution in [0.1, 0.15) is 37.7 Å². The van der Waals surface area contributed by atoms with Crippen molar-refractivity contribution in [3.05, 3.63) is 68.4 Å². The van der Waals surface area contributed by atoms with Gasteiger partial charge in [-0.1, -0.05) is 42.0 Å². The molecule has 1 aromatic carbocycles. The first-order chi connectivity index (χ1) is 14.5. The Bertz CT molecular complexity index is 1020. The number of nitrogen functional groups attached to an aromatic ring is 1. The molecule has 8 heteroatoms. The lowest BCUT2D eigenvalue weighted by Gasteiger charge is -2.21. The summed E-state index contributed by atoms with van der Waals surface area (Å²) < 4.78 is 1.30.